The van der Waals surface area contributed by atoms with Crippen LogP contribution in [0.1, 0.15) is 11.1 Å². The summed E-state index contributed by atoms with van der Waals surface area (Å²) < 4.78 is 6.45. The molecule has 1 aliphatic rings. The number of rotatable bonds is 4. The van der Waals surface area contributed by atoms with E-state index in [1.807, 2.05) is 30.3 Å². The Balaban J connectivity index is 1.81. The molecule has 1 saturated heterocycles. The number of amides is 1. The quantitative estimate of drug-likeness (QED) is 0.499. The number of likely N-dealkylation sites (N-methyl/N-ethyl adjacent to an activating group) is 1. The van der Waals surface area contributed by atoms with Gasteiger partial charge in [0.2, 0.25) is 0 Å². The minimum Gasteiger partial charge on any atom is -0.488 e. The van der Waals surface area contributed by atoms with Crippen LogP contribution in [-0.2, 0) is 11.4 Å². The Morgan fingerprint density at radius 3 is 2.64 bits per heavy atom. The van der Waals surface area contributed by atoms with Crippen molar-refractivity contribution in [3.8, 4) is 5.75 Å². The van der Waals surface area contributed by atoms with Gasteiger partial charge in [-0.25, -0.2) is 0 Å². The molecule has 0 unspecified atom stereocenters. The molecule has 0 saturated carbocycles. The highest BCUT2D eigenvalue weighted by atomic mass is 35.5. The monoisotopic (exact) mass is 409 g/mol. The molecule has 0 aromatic heterocycles. The molecule has 0 N–H and O–H groups in total. The van der Waals surface area contributed by atoms with Gasteiger partial charge in [0.05, 0.1) is 15.0 Å². The minimum absolute atomic E-state index is 0.103. The van der Waals surface area contributed by atoms with Crippen LogP contribution >= 0.6 is 47.2 Å². The van der Waals surface area contributed by atoms with Crippen LogP contribution in [0.5, 0.6) is 5.75 Å². The zero-order valence-electron chi connectivity index (χ0n) is 13.2. The largest absolute Gasteiger partial charge is 0.488 e. The van der Waals surface area contributed by atoms with E-state index in [0.717, 1.165) is 11.1 Å². The molecule has 2 aromatic carbocycles. The standard InChI is InChI=1S/C18H13Cl2NO2S2/c1-21-17(22)16(25-18(21)24)9-12-4-2-3-5-15(12)23-10-11-6-7-13(19)14(20)8-11/h2-9H,10H2,1H3/b16-9+. The topological polar surface area (TPSA) is 29.5 Å². The van der Waals surface area contributed by atoms with Crippen molar-refractivity contribution < 1.29 is 9.53 Å². The fraction of sp³-hybridized carbons (Fsp3) is 0.111. The van der Waals surface area contributed by atoms with Gasteiger partial charge in [0.1, 0.15) is 16.7 Å². The third-order valence-electron chi connectivity index (χ3n) is 3.57. The van der Waals surface area contributed by atoms with Gasteiger partial charge in [-0.15, -0.1) is 0 Å². The number of nitrogens with zero attached hydrogens (tertiary/aromatic N) is 1. The van der Waals surface area contributed by atoms with Gasteiger partial charge in [-0.1, -0.05) is 71.4 Å². The highest BCUT2D eigenvalue weighted by molar-refractivity contribution is 8.26. The number of thiocarbonyl (C=S) groups is 1. The number of thioether (sulfide) groups is 1. The van der Waals surface area contributed by atoms with Crippen molar-refractivity contribution in [1.82, 2.24) is 4.90 Å². The molecule has 3 nitrogen and oxygen atoms in total. The van der Waals surface area contributed by atoms with Gasteiger partial charge in [-0.05, 0) is 29.8 Å². The zero-order valence-corrected chi connectivity index (χ0v) is 16.3. The second-order valence-corrected chi connectivity index (χ2v) is 7.81. The first-order chi connectivity index (χ1) is 12.0. The summed E-state index contributed by atoms with van der Waals surface area (Å²) in [5.41, 5.74) is 1.72. The number of hydrogen-bond donors (Lipinski definition) is 0. The van der Waals surface area contributed by atoms with Crippen molar-refractivity contribution in [3.63, 3.8) is 0 Å². The van der Waals surface area contributed by atoms with Crippen molar-refractivity contribution >= 4 is 63.5 Å². The summed E-state index contributed by atoms with van der Waals surface area (Å²) in [5.74, 6) is 0.573. The summed E-state index contributed by atoms with van der Waals surface area (Å²) in [6.45, 7) is 0.344. The first-order valence-electron chi connectivity index (χ1n) is 7.33. The molecule has 1 aliphatic heterocycles. The van der Waals surface area contributed by atoms with Gasteiger partial charge in [-0.3, -0.25) is 9.69 Å². The molecule has 7 heteroatoms. The predicted molar refractivity (Wildman–Crippen MR) is 108 cm³/mol. The first-order valence-corrected chi connectivity index (χ1v) is 9.31. The Morgan fingerprint density at radius 1 is 1.20 bits per heavy atom. The number of carbonyl (C=O) groups is 1. The molecule has 2 aromatic rings. The highest BCUT2D eigenvalue weighted by Crippen LogP contribution is 2.33. The van der Waals surface area contributed by atoms with Crippen molar-refractivity contribution in [2.45, 2.75) is 6.61 Å². The van der Waals surface area contributed by atoms with Crippen LogP contribution in [0.4, 0.5) is 0 Å². The fourth-order valence-corrected chi connectivity index (χ4v) is 3.70. The number of halogens is 2. The predicted octanol–water partition coefficient (Wildman–Crippen LogP) is 5.40. The Hall–Kier alpha value is -1.53. The average Bonchev–Trinajstić information content (AvgIpc) is 2.84. The molecule has 25 heavy (non-hydrogen) atoms. The normalized spacial score (nSPS) is 16.0. The molecular formula is C18H13Cl2NO2S2. The van der Waals surface area contributed by atoms with E-state index in [0.29, 0.717) is 31.6 Å². The number of ether oxygens (including phenoxy) is 1. The van der Waals surface area contributed by atoms with Gasteiger partial charge in [0, 0.05) is 12.6 Å². The summed E-state index contributed by atoms with van der Waals surface area (Å²) in [6.07, 6.45) is 1.80. The van der Waals surface area contributed by atoms with Crippen LogP contribution in [0, 0.1) is 0 Å². The first kappa shape index (κ1) is 18.3. The maximum atomic E-state index is 12.2. The third-order valence-corrected chi connectivity index (χ3v) is 5.79. The molecule has 128 valence electrons. The molecule has 1 amide bonds. The summed E-state index contributed by atoms with van der Waals surface area (Å²) in [6, 6.07) is 12.9. The van der Waals surface area contributed by atoms with Crippen molar-refractivity contribution in [2.24, 2.45) is 0 Å². The smallest absolute Gasteiger partial charge is 0.265 e. The molecule has 0 radical (unpaired) electrons. The van der Waals surface area contributed by atoms with Crippen LogP contribution in [-0.4, -0.2) is 22.2 Å². The van der Waals surface area contributed by atoms with Gasteiger partial charge in [0.25, 0.3) is 5.91 Å². The number of para-hydroxylation sites is 1. The minimum atomic E-state index is -0.103. The lowest BCUT2D eigenvalue weighted by atomic mass is 10.1. The van der Waals surface area contributed by atoms with Crippen LogP contribution in [0.3, 0.4) is 0 Å². The summed E-state index contributed by atoms with van der Waals surface area (Å²) >= 11 is 18.4. The van der Waals surface area contributed by atoms with Gasteiger partial charge < -0.3 is 4.74 Å². The van der Waals surface area contributed by atoms with E-state index in [1.54, 1.807) is 25.3 Å². The fourth-order valence-electron chi connectivity index (χ4n) is 2.21. The molecule has 1 fully saturated rings. The highest BCUT2D eigenvalue weighted by Gasteiger charge is 2.28. The lowest BCUT2D eigenvalue weighted by Crippen LogP contribution is -2.22. The lowest BCUT2D eigenvalue weighted by Gasteiger charge is -2.10. The molecule has 0 aliphatic carbocycles. The zero-order chi connectivity index (χ0) is 18.0. The molecule has 1 heterocycles. The van der Waals surface area contributed by atoms with Crippen LogP contribution in [0.25, 0.3) is 6.08 Å². The van der Waals surface area contributed by atoms with Gasteiger partial charge in [-0.2, -0.15) is 0 Å². The second kappa shape index (κ2) is 7.79. The van der Waals surface area contributed by atoms with E-state index in [-0.39, 0.29) is 5.91 Å². The average molecular weight is 410 g/mol. The van der Waals surface area contributed by atoms with Crippen LogP contribution < -0.4 is 4.74 Å². The van der Waals surface area contributed by atoms with E-state index < -0.39 is 0 Å². The van der Waals surface area contributed by atoms with E-state index in [4.69, 9.17) is 40.2 Å². The Morgan fingerprint density at radius 2 is 1.96 bits per heavy atom. The van der Waals surface area contributed by atoms with Crippen LogP contribution in [0.2, 0.25) is 10.0 Å². The van der Waals surface area contributed by atoms with E-state index in [2.05, 4.69) is 0 Å². The van der Waals surface area contributed by atoms with Crippen LogP contribution in [0.15, 0.2) is 47.4 Å². The summed E-state index contributed by atoms with van der Waals surface area (Å²) in [4.78, 5) is 14.2. The SMILES string of the molecule is CN1C(=O)/C(=C\c2ccccc2OCc2ccc(Cl)c(Cl)c2)SC1=S. The molecule has 0 atom stereocenters. The molecule has 0 bridgehead atoms. The second-order valence-electron chi connectivity index (χ2n) is 5.32. The van der Waals surface area contributed by atoms with Gasteiger partial charge in [0.15, 0.2) is 0 Å². The van der Waals surface area contributed by atoms with Crippen molar-refractivity contribution in [3.05, 3.63) is 68.5 Å². The van der Waals surface area contributed by atoms with E-state index in [9.17, 15) is 4.79 Å². The maximum Gasteiger partial charge on any atom is 0.265 e. The number of carbonyl (C=O) groups excluding carboxylic acids is 1. The molecule has 0 spiro atoms. The molecule has 3 rings (SSSR count). The van der Waals surface area contributed by atoms with Crippen molar-refractivity contribution in [2.75, 3.05) is 7.05 Å². The van der Waals surface area contributed by atoms with Gasteiger partial charge >= 0.3 is 0 Å². The van der Waals surface area contributed by atoms with Crippen molar-refractivity contribution in [1.29, 1.82) is 0 Å². The number of benzene rings is 2. The third kappa shape index (κ3) is 4.18. The Kier molecular flexibility index (Phi) is 5.69. The number of hydrogen-bond acceptors (Lipinski definition) is 4. The summed E-state index contributed by atoms with van der Waals surface area (Å²) in [5, 5.41) is 0.995. The Bertz CT molecular complexity index is 883. The Labute approximate surface area is 165 Å². The maximum absolute atomic E-state index is 12.2. The lowest BCUT2D eigenvalue weighted by molar-refractivity contribution is -0.121. The molecular weight excluding hydrogens is 397 g/mol. The van der Waals surface area contributed by atoms with E-state index >= 15 is 0 Å². The van der Waals surface area contributed by atoms with E-state index in [1.165, 1.54) is 16.7 Å². The summed E-state index contributed by atoms with van der Waals surface area (Å²) in [7, 11) is 1.67.